The quantitative estimate of drug-likeness (QED) is 0.676. The second-order valence-corrected chi connectivity index (χ2v) is 7.16. The number of benzene rings is 1. The number of anilines is 1. The van der Waals surface area contributed by atoms with E-state index in [1.807, 2.05) is 36.5 Å². The maximum absolute atomic E-state index is 13.0. The number of morpholine rings is 1. The molecule has 3 aromatic rings. The summed E-state index contributed by atoms with van der Waals surface area (Å²) in [5.74, 6) is 1.14. The Balaban J connectivity index is 1.33. The molecular formula is C21H21N5O3. The molecule has 0 bridgehead atoms. The maximum atomic E-state index is 13.0. The van der Waals surface area contributed by atoms with Crippen LogP contribution >= 0.6 is 0 Å². The van der Waals surface area contributed by atoms with Crippen LogP contribution in [0.3, 0.4) is 0 Å². The van der Waals surface area contributed by atoms with Crippen LogP contribution in [0.15, 0.2) is 47.1 Å². The highest BCUT2D eigenvalue weighted by Gasteiger charge is 2.26. The number of ether oxygens (including phenoxy) is 1. The number of hydrogen-bond donors (Lipinski definition) is 0. The number of fused-ring (bicyclic) bond motifs is 1. The number of aromatic nitrogens is 3. The number of carbonyl (C=O) groups is 1. The SMILES string of the molecule is O=C(c1cc(-c2ccccc2)on1)N1CCc2cnc(N3CCOCC3)nc2C1. The van der Waals surface area contributed by atoms with E-state index in [9.17, 15) is 4.79 Å². The van der Waals surface area contributed by atoms with Crippen molar-refractivity contribution in [3.8, 4) is 11.3 Å². The van der Waals surface area contributed by atoms with E-state index in [1.54, 1.807) is 11.0 Å². The molecule has 0 spiro atoms. The second kappa shape index (κ2) is 7.63. The minimum absolute atomic E-state index is 0.145. The highest BCUT2D eigenvalue weighted by Crippen LogP contribution is 2.24. The zero-order valence-corrected chi connectivity index (χ0v) is 16.0. The van der Waals surface area contributed by atoms with Gasteiger partial charge in [-0.3, -0.25) is 4.79 Å². The monoisotopic (exact) mass is 391 g/mol. The predicted octanol–water partition coefficient (Wildman–Crippen LogP) is 2.17. The zero-order valence-electron chi connectivity index (χ0n) is 16.0. The van der Waals surface area contributed by atoms with Crippen molar-refractivity contribution < 1.29 is 14.1 Å². The standard InChI is InChI=1S/C21H21N5O3/c27-20(17-12-19(29-24-17)15-4-2-1-3-5-15)26-7-6-16-13-22-21(23-18(16)14-26)25-8-10-28-11-9-25/h1-5,12-13H,6-11,14H2. The Morgan fingerprint density at radius 3 is 2.72 bits per heavy atom. The average molecular weight is 391 g/mol. The summed E-state index contributed by atoms with van der Waals surface area (Å²) in [6, 6.07) is 11.3. The van der Waals surface area contributed by atoms with E-state index in [0.29, 0.717) is 43.7 Å². The Hall–Kier alpha value is -3.26. The minimum Gasteiger partial charge on any atom is -0.378 e. The van der Waals surface area contributed by atoms with Crippen LogP contribution in [0.2, 0.25) is 0 Å². The molecule has 4 heterocycles. The van der Waals surface area contributed by atoms with Crippen molar-refractivity contribution in [2.24, 2.45) is 0 Å². The third-order valence-electron chi connectivity index (χ3n) is 5.30. The van der Waals surface area contributed by atoms with Crippen molar-refractivity contribution in [2.45, 2.75) is 13.0 Å². The topological polar surface area (TPSA) is 84.6 Å². The first-order valence-corrected chi connectivity index (χ1v) is 9.77. The third-order valence-corrected chi connectivity index (χ3v) is 5.30. The van der Waals surface area contributed by atoms with Gasteiger partial charge in [-0.15, -0.1) is 0 Å². The molecule has 2 aromatic heterocycles. The van der Waals surface area contributed by atoms with Gasteiger partial charge in [0.2, 0.25) is 5.95 Å². The lowest BCUT2D eigenvalue weighted by Crippen LogP contribution is -2.39. The fraction of sp³-hybridized carbons (Fsp3) is 0.333. The van der Waals surface area contributed by atoms with Crippen molar-refractivity contribution in [3.63, 3.8) is 0 Å². The van der Waals surface area contributed by atoms with E-state index in [1.165, 1.54) is 0 Å². The molecule has 29 heavy (non-hydrogen) atoms. The molecule has 5 rings (SSSR count). The van der Waals surface area contributed by atoms with Crippen molar-refractivity contribution in [1.29, 1.82) is 0 Å². The molecule has 0 saturated carbocycles. The second-order valence-electron chi connectivity index (χ2n) is 7.16. The van der Waals surface area contributed by atoms with E-state index in [2.05, 4.69) is 15.0 Å². The van der Waals surface area contributed by atoms with Crippen LogP contribution in [0.1, 0.15) is 21.7 Å². The first-order chi connectivity index (χ1) is 14.3. The molecule has 2 aliphatic heterocycles. The lowest BCUT2D eigenvalue weighted by atomic mass is 10.1. The van der Waals surface area contributed by atoms with Crippen molar-refractivity contribution in [3.05, 3.63) is 59.5 Å². The molecule has 148 valence electrons. The van der Waals surface area contributed by atoms with Gasteiger partial charge in [-0.05, 0) is 12.0 Å². The maximum Gasteiger partial charge on any atom is 0.276 e. The molecule has 0 atom stereocenters. The third kappa shape index (κ3) is 3.58. The van der Waals surface area contributed by atoms with Crippen molar-refractivity contribution in [2.75, 3.05) is 37.7 Å². The largest absolute Gasteiger partial charge is 0.378 e. The molecule has 0 N–H and O–H groups in total. The Kier molecular flexibility index (Phi) is 4.69. The molecule has 8 nitrogen and oxygen atoms in total. The van der Waals surface area contributed by atoms with E-state index >= 15 is 0 Å². The van der Waals surface area contributed by atoms with Crippen LogP contribution in [0.25, 0.3) is 11.3 Å². The van der Waals surface area contributed by atoms with Gasteiger partial charge >= 0.3 is 0 Å². The number of hydrogen-bond acceptors (Lipinski definition) is 7. The van der Waals surface area contributed by atoms with Gasteiger partial charge in [-0.25, -0.2) is 9.97 Å². The first-order valence-electron chi connectivity index (χ1n) is 9.77. The lowest BCUT2D eigenvalue weighted by Gasteiger charge is -2.30. The van der Waals surface area contributed by atoms with Crippen LogP contribution in [-0.2, 0) is 17.7 Å². The Labute approximate surface area is 168 Å². The van der Waals surface area contributed by atoms with E-state index in [0.717, 1.165) is 36.3 Å². The number of rotatable bonds is 3. The van der Waals surface area contributed by atoms with Gasteiger partial charge in [0.25, 0.3) is 5.91 Å². The number of nitrogens with zero attached hydrogens (tertiary/aromatic N) is 5. The lowest BCUT2D eigenvalue weighted by molar-refractivity contribution is 0.0721. The molecule has 2 aliphatic rings. The van der Waals surface area contributed by atoms with Gasteiger partial charge in [-0.2, -0.15) is 0 Å². The summed E-state index contributed by atoms with van der Waals surface area (Å²) >= 11 is 0. The molecule has 0 unspecified atom stereocenters. The molecule has 8 heteroatoms. The van der Waals surface area contributed by atoms with Gasteiger partial charge in [0, 0.05) is 37.5 Å². The minimum atomic E-state index is -0.145. The Morgan fingerprint density at radius 1 is 1.07 bits per heavy atom. The Morgan fingerprint density at radius 2 is 1.90 bits per heavy atom. The van der Waals surface area contributed by atoms with E-state index in [-0.39, 0.29) is 5.91 Å². The molecule has 0 radical (unpaired) electrons. The molecule has 1 amide bonds. The van der Waals surface area contributed by atoms with E-state index in [4.69, 9.17) is 14.2 Å². The van der Waals surface area contributed by atoms with Crippen LogP contribution in [0, 0.1) is 0 Å². The highest BCUT2D eigenvalue weighted by molar-refractivity contribution is 5.93. The summed E-state index contributed by atoms with van der Waals surface area (Å²) in [5, 5.41) is 3.99. The van der Waals surface area contributed by atoms with Gasteiger partial charge in [0.05, 0.1) is 25.5 Å². The predicted molar refractivity (Wildman–Crippen MR) is 105 cm³/mol. The molecule has 0 aliphatic carbocycles. The summed E-state index contributed by atoms with van der Waals surface area (Å²) in [6.45, 7) is 3.98. The molecule has 1 aromatic carbocycles. The number of amides is 1. The van der Waals surface area contributed by atoms with Gasteiger partial charge in [-0.1, -0.05) is 35.5 Å². The molecular weight excluding hydrogens is 370 g/mol. The summed E-state index contributed by atoms with van der Waals surface area (Å²) in [6.07, 6.45) is 2.62. The molecule has 1 fully saturated rings. The highest BCUT2D eigenvalue weighted by atomic mass is 16.5. The van der Waals surface area contributed by atoms with Crippen LogP contribution < -0.4 is 4.90 Å². The first kappa shape index (κ1) is 17.8. The smallest absolute Gasteiger partial charge is 0.276 e. The van der Waals surface area contributed by atoms with Gasteiger partial charge in [0.15, 0.2) is 11.5 Å². The molecule has 1 saturated heterocycles. The summed E-state index contributed by atoms with van der Waals surface area (Å²) in [5.41, 5.74) is 3.20. The fourth-order valence-corrected chi connectivity index (χ4v) is 3.66. The van der Waals surface area contributed by atoms with Crippen molar-refractivity contribution >= 4 is 11.9 Å². The normalized spacial score (nSPS) is 16.6. The fourth-order valence-electron chi connectivity index (χ4n) is 3.66. The van der Waals surface area contributed by atoms with Crippen LogP contribution in [0.4, 0.5) is 5.95 Å². The summed E-state index contributed by atoms with van der Waals surface area (Å²) in [7, 11) is 0. The van der Waals surface area contributed by atoms with Crippen LogP contribution in [-0.4, -0.2) is 58.8 Å². The Bertz CT molecular complexity index is 1010. The van der Waals surface area contributed by atoms with Gasteiger partial charge < -0.3 is 19.1 Å². The summed E-state index contributed by atoms with van der Waals surface area (Å²) in [4.78, 5) is 26.1. The van der Waals surface area contributed by atoms with E-state index < -0.39 is 0 Å². The zero-order chi connectivity index (χ0) is 19.6. The average Bonchev–Trinajstić information content (AvgIpc) is 3.29. The summed E-state index contributed by atoms with van der Waals surface area (Å²) < 4.78 is 10.8. The van der Waals surface area contributed by atoms with Crippen LogP contribution in [0.5, 0.6) is 0 Å². The van der Waals surface area contributed by atoms with Crippen molar-refractivity contribution in [1.82, 2.24) is 20.0 Å². The number of carbonyl (C=O) groups excluding carboxylic acids is 1. The van der Waals surface area contributed by atoms with Gasteiger partial charge in [0.1, 0.15) is 0 Å².